The standard InChI is InChI=1S/C43H48N4O12S.C32H35N3O8S.CH4O/c1-22-14-26-15-28-29(16-44)47-30-18-54-42(49)27(45-43(50)55-17-25-10-8-7-9-11-25)19-60-41(33-32(30)40-38(57-21-58-40)23(2)37(33)59-24(3)48)35(47)34(46(28)4)31(26)39(36(22)52-6)56-20-53-13-12-51-5;1-13-7-17-8-18-19(9-33)35-20-10-40-32(38)14(2)11-44-31(25(35)24(34(18)5)21(17)26(37)27(13)39-6)23-22(20)30-29(41-12-42-30)15(3)28(23)43-16(4)36;1-2/h7-11,14,27-30,34-35,41H,12-13,15,17-21H2,1-6H3,(H,45,50);7,14,18-20,24-25,31,37H,8,10-12H2,1-6H3;2H,1H3/t27-,28-,29?,30-,34+,35?,41+;14?,18-,19?,20-,24+,25?,31+;/m00./s1. The Balaban J connectivity index is 0.000000192. The zero-order valence-corrected chi connectivity index (χ0v) is 62.9. The molecule has 16 rings (SSSR count). The summed E-state index contributed by atoms with van der Waals surface area (Å²) in [4.78, 5) is 74.6. The van der Waals surface area contributed by atoms with Crippen molar-refractivity contribution in [1.82, 2.24) is 24.9 Å². The third-order valence-electron chi connectivity index (χ3n) is 21.7. The molecule has 0 aromatic heterocycles. The Hall–Kier alpha value is -8.95. The van der Waals surface area contributed by atoms with Crippen LogP contribution in [0.25, 0.3) is 0 Å². The van der Waals surface area contributed by atoms with Crippen LogP contribution in [0.1, 0.15) is 128 Å². The smallest absolute Gasteiger partial charge is 0.408 e. The highest BCUT2D eigenvalue weighted by Crippen LogP contribution is 2.67. The number of amides is 1. The number of thioether (sulfide) groups is 2. The SMILES string of the molecule is CO.COCCOCOc1c(OC)c(C)cc2c1[C@@H]1C3[C@@H]4SC[C@H](NC(=O)OCc5ccccc5)C(=O)OC[C@@H](c5c6c(c(C)c(OC(C)=O)c54)OCO6)N3C(C#N)[C@H](C2)N1C.COc1c(C)cc2c(c1O)[C@@H]1C3[C@@H]4SCC(C)C(=O)OC[C@@H](c5c6c(c(C)c(OC(C)=O)c54)OCO6)N3C(C#N)[C@H](C2)N1C. The van der Waals surface area contributed by atoms with Crippen molar-refractivity contribution < 1.29 is 101 Å². The molecule has 4 fully saturated rings. The Kier molecular flexibility index (Phi) is 22.1. The molecule has 106 heavy (non-hydrogen) atoms. The van der Waals surface area contributed by atoms with Crippen LogP contribution >= 0.6 is 23.5 Å². The molecule has 8 bridgehead atoms. The number of methoxy groups -OCH3 is 3. The minimum Gasteiger partial charge on any atom is -0.504 e. The largest absolute Gasteiger partial charge is 0.504 e. The van der Waals surface area contributed by atoms with Crippen molar-refractivity contribution in [2.75, 3.05) is 101 Å². The van der Waals surface area contributed by atoms with Crippen molar-refractivity contribution >= 4 is 53.5 Å². The quantitative estimate of drug-likeness (QED) is 0.0328. The molecule has 11 aliphatic heterocycles. The predicted octanol–water partition coefficient (Wildman–Crippen LogP) is 8.30. The van der Waals surface area contributed by atoms with Gasteiger partial charge in [-0.05, 0) is 82.4 Å². The van der Waals surface area contributed by atoms with Crippen LogP contribution in [0.2, 0.25) is 0 Å². The van der Waals surface area contributed by atoms with Crippen molar-refractivity contribution in [3.05, 3.63) is 115 Å². The lowest BCUT2D eigenvalue weighted by Gasteiger charge is -2.61. The second kappa shape index (κ2) is 31.1. The molecular weight excluding hydrogens is 1410 g/mol. The first-order valence-corrected chi connectivity index (χ1v) is 37.1. The number of alkyl carbamates (subject to hydrolysis) is 1. The van der Waals surface area contributed by atoms with Crippen molar-refractivity contribution in [3.63, 3.8) is 0 Å². The van der Waals surface area contributed by atoms with E-state index in [0.717, 1.165) is 51.6 Å². The number of phenols is 1. The van der Waals surface area contributed by atoms with Gasteiger partial charge in [0.15, 0.2) is 52.8 Å². The number of fused-ring (bicyclic) bond motifs is 19. The van der Waals surface area contributed by atoms with Gasteiger partial charge in [0, 0.05) is 108 Å². The zero-order chi connectivity index (χ0) is 75.4. The first-order valence-electron chi connectivity index (χ1n) is 35.0. The zero-order valence-electron chi connectivity index (χ0n) is 61.3. The van der Waals surface area contributed by atoms with E-state index < -0.39 is 71.5 Å². The Labute approximate surface area is 622 Å². The highest BCUT2D eigenvalue weighted by Gasteiger charge is 2.63. The van der Waals surface area contributed by atoms with Crippen molar-refractivity contribution in [3.8, 4) is 69.6 Å². The van der Waals surface area contributed by atoms with E-state index in [2.05, 4.69) is 49.2 Å². The lowest BCUT2D eigenvalue weighted by molar-refractivity contribution is -0.153. The molecule has 30 heteroatoms. The van der Waals surface area contributed by atoms with Gasteiger partial charge in [0.1, 0.15) is 49.4 Å². The summed E-state index contributed by atoms with van der Waals surface area (Å²) in [7, 11) is 9.76. The average molecular weight is 1500 g/mol. The maximum Gasteiger partial charge on any atom is 0.408 e. The number of ether oxygens (including phenoxy) is 14. The Morgan fingerprint density at radius 1 is 0.632 bits per heavy atom. The fourth-order valence-corrected chi connectivity index (χ4v) is 20.5. The van der Waals surface area contributed by atoms with Crippen LogP contribution in [0.5, 0.6) is 57.5 Å². The molecule has 28 nitrogen and oxygen atoms in total. The lowest BCUT2D eigenvalue weighted by Crippen LogP contribution is -2.69. The van der Waals surface area contributed by atoms with E-state index in [1.807, 2.05) is 79.0 Å². The molecule has 11 aliphatic rings. The van der Waals surface area contributed by atoms with E-state index in [1.165, 1.54) is 25.6 Å². The number of aliphatic hydroxyl groups is 1. The summed E-state index contributed by atoms with van der Waals surface area (Å²) in [6.07, 6.45) is 0.267. The number of hydrogen-bond donors (Lipinski definition) is 3. The molecule has 0 spiro atoms. The van der Waals surface area contributed by atoms with Crippen LogP contribution in [-0.2, 0) is 62.3 Å². The van der Waals surface area contributed by atoms with Crippen molar-refractivity contribution in [1.29, 1.82) is 10.5 Å². The van der Waals surface area contributed by atoms with Gasteiger partial charge >= 0.3 is 30.0 Å². The number of aliphatic hydroxyl groups excluding tert-OH is 1. The molecule has 0 radical (unpaired) electrons. The number of esters is 4. The molecule has 5 aromatic carbocycles. The molecule has 11 heterocycles. The number of aromatic hydroxyl groups is 1. The number of aryl methyl sites for hydroxylation is 2. The van der Waals surface area contributed by atoms with Gasteiger partial charge < -0.3 is 81.8 Å². The molecule has 0 aliphatic carbocycles. The monoisotopic (exact) mass is 1500 g/mol. The van der Waals surface area contributed by atoms with E-state index in [0.29, 0.717) is 111 Å². The number of nitriles is 2. The number of nitrogens with one attached hydrogen (secondary N) is 1. The molecule has 0 saturated carbocycles. The maximum atomic E-state index is 14.0. The first kappa shape index (κ1) is 75.3. The normalized spacial score (nSPS) is 26.9. The molecule has 14 atom stereocenters. The highest BCUT2D eigenvalue weighted by atomic mass is 32.2. The number of rotatable bonds is 13. The van der Waals surface area contributed by atoms with Gasteiger partial charge in [-0.2, -0.15) is 22.3 Å². The van der Waals surface area contributed by atoms with E-state index >= 15 is 0 Å². The number of phenolic OH excluding ortho intramolecular Hbond substituents is 1. The van der Waals surface area contributed by atoms with Gasteiger partial charge in [-0.1, -0.05) is 49.4 Å². The predicted molar refractivity (Wildman–Crippen MR) is 382 cm³/mol. The second-order valence-electron chi connectivity index (χ2n) is 27.6. The lowest BCUT2D eigenvalue weighted by atomic mass is 9.71. The third-order valence-corrected chi connectivity index (χ3v) is 24.7. The van der Waals surface area contributed by atoms with Gasteiger partial charge in [0.2, 0.25) is 13.6 Å². The Bertz CT molecular complexity index is 4380. The molecule has 5 unspecified atom stereocenters. The van der Waals surface area contributed by atoms with Crippen LogP contribution in [0.4, 0.5) is 4.79 Å². The van der Waals surface area contributed by atoms with E-state index in [4.69, 9.17) is 71.4 Å². The van der Waals surface area contributed by atoms with Gasteiger partial charge in [0.25, 0.3) is 0 Å². The maximum absolute atomic E-state index is 14.0. The number of hydrogen-bond acceptors (Lipinski definition) is 29. The summed E-state index contributed by atoms with van der Waals surface area (Å²) in [5, 5.41) is 42.5. The second-order valence-corrected chi connectivity index (χ2v) is 29.9. The van der Waals surface area contributed by atoms with Crippen LogP contribution in [0.3, 0.4) is 0 Å². The number of likely N-dealkylation sites (N-methyl/N-ethyl adjacent to an activating group) is 2. The van der Waals surface area contributed by atoms with Crippen molar-refractivity contribution in [2.45, 2.75) is 145 Å². The summed E-state index contributed by atoms with van der Waals surface area (Å²) in [5.74, 6) is 2.24. The molecule has 564 valence electrons. The fraction of sp³-hybridized carbons (Fsp3) is 0.513. The molecule has 5 aromatic rings. The number of piperazine rings is 2. The van der Waals surface area contributed by atoms with Crippen LogP contribution < -0.4 is 47.9 Å². The summed E-state index contributed by atoms with van der Waals surface area (Å²) >= 11 is 2.95. The van der Waals surface area contributed by atoms with Gasteiger partial charge in [-0.15, -0.1) is 11.8 Å². The van der Waals surface area contributed by atoms with E-state index in [9.17, 15) is 39.6 Å². The van der Waals surface area contributed by atoms with Gasteiger partial charge in [-0.25, -0.2) is 9.59 Å². The summed E-state index contributed by atoms with van der Waals surface area (Å²) in [5.41, 5.74) is 10.1. The molecular formula is C76H87N7O21S2. The van der Waals surface area contributed by atoms with Crippen LogP contribution in [0.15, 0.2) is 42.5 Å². The van der Waals surface area contributed by atoms with Crippen molar-refractivity contribution in [2.24, 2.45) is 5.92 Å². The molecule has 3 N–H and O–H groups in total. The average Bonchev–Trinajstić information content (AvgIpc) is 0.865. The third kappa shape index (κ3) is 12.9. The number of carbonyl (C=O) groups is 5. The Morgan fingerprint density at radius 3 is 1.65 bits per heavy atom. The summed E-state index contributed by atoms with van der Waals surface area (Å²) < 4.78 is 83.1. The van der Waals surface area contributed by atoms with E-state index in [1.54, 1.807) is 33.1 Å². The molecule has 4 saturated heterocycles. The first-order chi connectivity index (χ1) is 51.2. The fourth-order valence-electron chi connectivity index (χ4n) is 17.5. The summed E-state index contributed by atoms with van der Waals surface area (Å²) in [6, 6.07) is 12.6. The minimum atomic E-state index is -1.12. The number of nitrogens with zero attached hydrogens (tertiary/aromatic N) is 6. The minimum absolute atomic E-state index is 0.00377. The van der Waals surface area contributed by atoms with Crippen LogP contribution in [-0.4, -0.2) is 203 Å². The van der Waals surface area contributed by atoms with Gasteiger partial charge in [-0.3, -0.25) is 34.0 Å². The molecule has 1 amide bonds. The summed E-state index contributed by atoms with van der Waals surface area (Å²) in [6.45, 7) is 12.4. The van der Waals surface area contributed by atoms with Crippen LogP contribution in [0, 0.1) is 56.3 Å². The number of cyclic esters (lactones) is 1. The van der Waals surface area contributed by atoms with E-state index in [-0.39, 0.29) is 93.0 Å². The Morgan fingerprint density at radius 2 is 1.13 bits per heavy atom. The van der Waals surface area contributed by atoms with Gasteiger partial charge in [0.05, 0.1) is 80.2 Å². The topological polar surface area (TPSA) is 328 Å². The number of carbonyl (C=O) groups excluding carboxylic acids is 5. The highest BCUT2D eigenvalue weighted by molar-refractivity contribution is 7.99. The number of benzene rings is 5.